The molecule has 0 aromatic heterocycles. The van der Waals surface area contributed by atoms with Crippen LogP contribution in [0.1, 0.15) is 0 Å². The topological polar surface area (TPSA) is 161 Å². The SMILES string of the molecule is Nc1ccc(F)c(F)c1O.O=C1COc2c(F)c(F)cc(Br)c2N1.O=C1COc2c(cc(Br)c(F)c2F)N1.O=C1COc2c(ccc(F)c2F)N1. The van der Waals surface area contributed by atoms with E-state index in [-0.39, 0.29) is 74.7 Å². The molecular weight excluding hydrogens is 840 g/mol. The molecule has 0 atom stereocenters. The smallest absolute Gasteiger partial charge is 0.262 e. The summed E-state index contributed by atoms with van der Waals surface area (Å²) in [5.41, 5.74) is 5.28. The second kappa shape index (κ2) is 16.1. The molecule has 6 N–H and O–H groups in total. The Labute approximate surface area is 296 Å². The third-order valence-corrected chi connectivity index (χ3v) is 7.45. The minimum Gasteiger partial charge on any atom is -0.503 e. The van der Waals surface area contributed by atoms with Gasteiger partial charge in [-0.1, -0.05) is 0 Å². The van der Waals surface area contributed by atoms with Gasteiger partial charge in [-0.25, -0.2) is 17.6 Å². The standard InChI is InChI=1S/2C8H4BrF2NO2.C8H5F2NO2.C6H5F2NO/c9-3-1-4(10)6(11)8-7(3)12-5(13)2-14-8;9-3-1-4-8(7(11)6(3)10)14-2-5(13)12-4;9-4-1-2-5-8(7(4)10)13-3-6(12)11-5;7-3-1-2-4(9)6(10)5(3)8/h2*1H,2H2,(H,12,13);1-2H,3H2,(H,11,12);1-2,10H,9H2. The van der Waals surface area contributed by atoms with Gasteiger partial charge in [0, 0.05) is 4.47 Å². The molecule has 0 saturated carbocycles. The van der Waals surface area contributed by atoms with E-state index in [1.807, 2.05) is 0 Å². The Bertz CT molecular complexity index is 2030. The van der Waals surface area contributed by atoms with Gasteiger partial charge in [-0.05, 0) is 68.3 Å². The number of carbonyl (C=O) groups is 3. The highest BCUT2D eigenvalue weighted by molar-refractivity contribution is 9.10. The van der Waals surface area contributed by atoms with Crippen molar-refractivity contribution in [1.82, 2.24) is 0 Å². The summed E-state index contributed by atoms with van der Waals surface area (Å²) >= 11 is 5.82. The van der Waals surface area contributed by atoms with Gasteiger partial charge < -0.3 is 41.0 Å². The number of nitrogens with one attached hydrogen (secondary N) is 3. The average Bonchev–Trinajstić information content (AvgIpc) is 3.09. The average molecular weight is 858 g/mol. The number of ether oxygens (including phenoxy) is 3. The first-order chi connectivity index (χ1) is 24.0. The fourth-order valence-electron chi connectivity index (χ4n) is 3.93. The Morgan fingerprint density at radius 3 is 1.67 bits per heavy atom. The molecule has 7 rings (SSSR count). The van der Waals surface area contributed by atoms with Gasteiger partial charge in [-0.15, -0.1) is 0 Å². The van der Waals surface area contributed by atoms with Gasteiger partial charge in [-0.2, -0.15) is 17.6 Å². The second-order valence-corrected chi connectivity index (χ2v) is 11.5. The van der Waals surface area contributed by atoms with Gasteiger partial charge >= 0.3 is 0 Å². The van der Waals surface area contributed by atoms with Crippen LogP contribution in [0.3, 0.4) is 0 Å². The van der Waals surface area contributed by atoms with Crippen molar-refractivity contribution in [2.75, 3.05) is 41.5 Å². The van der Waals surface area contributed by atoms with E-state index in [2.05, 4.69) is 47.8 Å². The zero-order valence-electron chi connectivity index (χ0n) is 24.8. The number of rotatable bonds is 0. The molecule has 0 radical (unpaired) electrons. The van der Waals surface area contributed by atoms with Crippen LogP contribution in [0.4, 0.5) is 57.9 Å². The van der Waals surface area contributed by atoms with Crippen LogP contribution in [-0.4, -0.2) is 42.6 Å². The molecule has 4 aromatic carbocycles. The Morgan fingerprint density at radius 2 is 1.06 bits per heavy atom. The minimum absolute atomic E-state index is 0.0560. The lowest BCUT2D eigenvalue weighted by Gasteiger charge is -2.19. The van der Waals surface area contributed by atoms with Crippen molar-refractivity contribution in [2.45, 2.75) is 0 Å². The largest absolute Gasteiger partial charge is 0.503 e. The summed E-state index contributed by atoms with van der Waals surface area (Å²) < 4.78 is 117. The quantitative estimate of drug-likeness (QED) is 0.0432. The molecule has 3 heterocycles. The molecule has 0 spiro atoms. The fraction of sp³-hybridized carbons (Fsp3) is 0.100. The molecule has 21 heteroatoms. The number of carbonyl (C=O) groups excluding carboxylic acids is 3. The minimum atomic E-state index is -1.31. The van der Waals surface area contributed by atoms with E-state index in [0.717, 1.165) is 24.3 Å². The molecule has 3 aliphatic rings. The van der Waals surface area contributed by atoms with Gasteiger partial charge in [-0.3, -0.25) is 14.4 Å². The van der Waals surface area contributed by atoms with E-state index in [1.54, 1.807) is 0 Å². The number of aromatic hydroxyl groups is 1. The summed E-state index contributed by atoms with van der Waals surface area (Å²) in [6.07, 6.45) is 0. The van der Waals surface area contributed by atoms with E-state index >= 15 is 0 Å². The lowest BCUT2D eigenvalue weighted by molar-refractivity contribution is -0.119. The molecule has 270 valence electrons. The van der Waals surface area contributed by atoms with Crippen molar-refractivity contribution in [3.05, 3.63) is 91.9 Å². The second-order valence-electron chi connectivity index (χ2n) is 9.77. The molecule has 0 unspecified atom stereocenters. The van der Waals surface area contributed by atoms with Crippen LogP contribution in [0.2, 0.25) is 0 Å². The predicted molar refractivity (Wildman–Crippen MR) is 169 cm³/mol. The third-order valence-electron chi connectivity index (χ3n) is 6.25. The van der Waals surface area contributed by atoms with Crippen LogP contribution in [-0.2, 0) is 14.4 Å². The summed E-state index contributed by atoms with van der Waals surface area (Å²) in [5, 5.41) is 15.8. The summed E-state index contributed by atoms with van der Waals surface area (Å²) in [6, 6.07) is 6.32. The Hall–Kier alpha value is -5.31. The third kappa shape index (κ3) is 8.89. The summed E-state index contributed by atoms with van der Waals surface area (Å²) in [5.74, 6) is -11.5. The number of anilines is 4. The van der Waals surface area contributed by atoms with Gasteiger partial charge in [0.1, 0.15) is 5.69 Å². The number of hydrogen-bond acceptors (Lipinski definition) is 8. The van der Waals surface area contributed by atoms with Gasteiger partial charge in [0.25, 0.3) is 17.7 Å². The maximum atomic E-state index is 13.2. The first kappa shape index (κ1) is 38.5. The summed E-state index contributed by atoms with van der Waals surface area (Å²) in [6.45, 7) is -0.891. The van der Waals surface area contributed by atoms with Crippen LogP contribution >= 0.6 is 31.9 Å². The number of phenolic OH excluding ortho intramolecular Hbond substituents is 1. The summed E-state index contributed by atoms with van der Waals surface area (Å²) in [7, 11) is 0. The summed E-state index contributed by atoms with van der Waals surface area (Å²) in [4.78, 5) is 32.5. The van der Waals surface area contributed by atoms with Crippen LogP contribution in [0.15, 0.2) is 45.3 Å². The number of amides is 3. The molecule has 3 amide bonds. The normalized spacial score (nSPS) is 13.5. The van der Waals surface area contributed by atoms with E-state index < -0.39 is 64.1 Å². The number of fused-ring (bicyclic) bond motifs is 3. The maximum absolute atomic E-state index is 13.2. The van der Waals surface area contributed by atoms with E-state index in [4.69, 9.17) is 25.1 Å². The number of benzene rings is 4. The van der Waals surface area contributed by atoms with E-state index in [0.29, 0.717) is 0 Å². The molecule has 0 bridgehead atoms. The van der Waals surface area contributed by atoms with Crippen molar-refractivity contribution in [3.63, 3.8) is 0 Å². The zero-order valence-corrected chi connectivity index (χ0v) is 28.0. The monoisotopic (exact) mass is 856 g/mol. The number of nitrogens with two attached hydrogens (primary N) is 1. The number of halogens is 10. The Kier molecular flexibility index (Phi) is 12.2. The zero-order chi connectivity index (χ0) is 37.7. The molecule has 3 aliphatic heterocycles. The van der Waals surface area contributed by atoms with Crippen LogP contribution < -0.4 is 35.9 Å². The highest BCUT2D eigenvalue weighted by atomic mass is 79.9. The fourth-order valence-corrected chi connectivity index (χ4v) is 4.81. The molecule has 0 fully saturated rings. The Morgan fingerprint density at radius 1 is 0.569 bits per heavy atom. The lowest BCUT2D eigenvalue weighted by atomic mass is 10.2. The first-order valence-corrected chi connectivity index (χ1v) is 15.1. The predicted octanol–water partition coefficient (Wildman–Crippen LogP) is 6.66. The van der Waals surface area contributed by atoms with Gasteiger partial charge in [0.05, 0.1) is 21.5 Å². The van der Waals surface area contributed by atoms with Crippen molar-refractivity contribution < 1.29 is 68.8 Å². The Balaban J connectivity index is 0.000000154. The van der Waals surface area contributed by atoms with Crippen molar-refractivity contribution in [1.29, 1.82) is 0 Å². The molecular formula is C30H18Br2F8N4O7. The molecule has 4 aromatic rings. The van der Waals surface area contributed by atoms with Crippen molar-refractivity contribution in [2.24, 2.45) is 0 Å². The molecule has 0 aliphatic carbocycles. The number of nitrogen functional groups attached to an aromatic ring is 1. The molecule has 11 nitrogen and oxygen atoms in total. The highest BCUT2D eigenvalue weighted by Gasteiger charge is 2.26. The number of phenols is 1. The first-order valence-electron chi connectivity index (χ1n) is 13.5. The van der Waals surface area contributed by atoms with Crippen molar-refractivity contribution in [3.8, 4) is 23.0 Å². The van der Waals surface area contributed by atoms with Gasteiger partial charge in [0.2, 0.25) is 23.3 Å². The van der Waals surface area contributed by atoms with E-state index in [1.165, 1.54) is 12.1 Å². The van der Waals surface area contributed by atoms with Crippen LogP contribution in [0.5, 0.6) is 23.0 Å². The van der Waals surface area contributed by atoms with Crippen molar-refractivity contribution >= 4 is 72.3 Å². The van der Waals surface area contributed by atoms with Crippen LogP contribution in [0, 0.1) is 46.5 Å². The highest BCUT2D eigenvalue weighted by Crippen LogP contribution is 2.39. The van der Waals surface area contributed by atoms with Crippen LogP contribution in [0.25, 0.3) is 0 Å². The van der Waals surface area contributed by atoms with Gasteiger partial charge in [0.15, 0.2) is 66.1 Å². The van der Waals surface area contributed by atoms with E-state index in [9.17, 15) is 49.5 Å². The molecule has 0 saturated heterocycles. The number of hydrogen-bond donors (Lipinski definition) is 5. The lowest BCUT2D eigenvalue weighted by Crippen LogP contribution is -2.26. The maximum Gasteiger partial charge on any atom is 0.262 e. The molecule has 51 heavy (non-hydrogen) atoms.